The zero-order chi connectivity index (χ0) is 10.7. The molecule has 0 aromatic heterocycles. The predicted octanol–water partition coefficient (Wildman–Crippen LogP) is 0.208. The minimum absolute atomic E-state index is 0.494. The summed E-state index contributed by atoms with van der Waals surface area (Å²) in [6.45, 7) is 3.75. The van der Waals surface area contributed by atoms with Crippen LogP contribution in [0.3, 0.4) is 0 Å². The van der Waals surface area contributed by atoms with Crippen LogP contribution in [0.4, 0.5) is 0 Å². The van der Waals surface area contributed by atoms with Crippen molar-refractivity contribution in [2.45, 2.75) is 0 Å². The molecule has 0 radical (unpaired) electrons. The van der Waals surface area contributed by atoms with Crippen molar-refractivity contribution in [3.05, 3.63) is 35.7 Å². The normalized spacial score (nSPS) is 24.5. The largest absolute Gasteiger partial charge is 0.385 e. The molecule has 0 bridgehead atoms. The van der Waals surface area contributed by atoms with Crippen molar-refractivity contribution in [1.29, 1.82) is 5.41 Å². The van der Waals surface area contributed by atoms with Crippen LogP contribution < -0.4 is 11.1 Å². The number of nitrogens with one attached hydrogen (secondary N) is 2. The molecule has 1 aliphatic carbocycles. The maximum atomic E-state index is 7.78. The number of nitrogens with two attached hydrogens (primary N) is 1. The molecule has 4 N–H and O–H groups in total. The summed E-state index contributed by atoms with van der Waals surface area (Å²) in [6.07, 6.45) is 7.45. The molecule has 80 valence electrons. The van der Waals surface area contributed by atoms with Gasteiger partial charge in [-0.05, 0) is 12.2 Å². The van der Waals surface area contributed by atoms with Crippen LogP contribution in [0.1, 0.15) is 0 Å². The Morgan fingerprint density at radius 2 is 1.93 bits per heavy atom. The topological polar surface area (TPSA) is 65.1 Å². The van der Waals surface area contributed by atoms with Crippen LogP contribution in [0.5, 0.6) is 0 Å². The second-order valence-corrected chi connectivity index (χ2v) is 3.67. The first-order valence-electron chi connectivity index (χ1n) is 5.18. The standard InChI is InChI=1S/C11H16N4/c12-10-4-2-1-3-9(10)11(13)15-7-5-14-6-8-15/h1-4,12,14H,5-8,13H2/b11-9+,12-10?. The highest BCUT2D eigenvalue weighted by Gasteiger charge is 2.15. The van der Waals surface area contributed by atoms with E-state index in [0.717, 1.165) is 37.6 Å². The van der Waals surface area contributed by atoms with Crippen LogP contribution in [-0.2, 0) is 0 Å². The quantitative estimate of drug-likeness (QED) is 0.572. The molecule has 15 heavy (non-hydrogen) atoms. The van der Waals surface area contributed by atoms with Gasteiger partial charge in [0.1, 0.15) is 5.82 Å². The van der Waals surface area contributed by atoms with Crippen LogP contribution in [0, 0.1) is 5.41 Å². The molecule has 1 aliphatic heterocycles. The van der Waals surface area contributed by atoms with Gasteiger partial charge in [-0.25, -0.2) is 0 Å². The molecule has 0 unspecified atom stereocenters. The predicted molar refractivity (Wildman–Crippen MR) is 61.7 cm³/mol. The van der Waals surface area contributed by atoms with Crippen LogP contribution in [0.15, 0.2) is 35.7 Å². The molecule has 0 spiro atoms. The van der Waals surface area contributed by atoms with Crippen molar-refractivity contribution in [2.24, 2.45) is 5.73 Å². The summed E-state index contributed by atoms with van der Waals surface area (Å²) in [5, 5.41) is 11.1. The monoisotopic (exact) mass is 204 g/mol. The Bertz CT molecular complexity index is 346. The highest BCUT2D eigenvalue weighted by Crippen LogP contribution is 2.13. The number of rotatable bonds is 1. The summed E-state index contributed by atoms with van der Waals surface area (Å²) < 4.78 is 0. The van der Waals surface area contributed by atoms with E-state index in [9.17, 15) is 0 Å². The highest BCUT2D eigenvalue weighted by atomic mass is 15.2. The Hall–Kier alpha value is -1.55. The van der Waals surface area contributed by atoms with Gasteiger partial charge in [0.25, 0.3) is 0 Å². The van der Waals surface area contributed by atoms with E-state index in [4.69, 9.17) is 11.1 Å². The van der Waals surface area contributed by atoms with Gasteiger partial charge in [0.05, 0.1) is 5.71 Å². The molecule has 2 rings (SSSR count). The van der Waals surface area contributed by atoms with Crippen molar-refractivity contribution in [3.8, 4) is 0 Å². The summed E-state index contributed by atoms with van der Waals surface area (Å²) in [6, 6.07) is 0. The zero-order valence-corrected chi connectivity index (χ0v) is 8.66. The molecule has 0 amide bonds. The van der Waals surface area contributed by atoms with Crippen LogP contribution >= 0.6 is 0 Å². The van der Waals surface area contributed by atoms with Gasteiger partial charge in [0.15, 0.2) is 0 Å². The van der Waals surface area contributed by atoms with E-state index in [-0.39, 0.29) is 0 Å². The smallest absolute Gasteiger partial charge is 0.108 e. The highest BCUT2D eigenvalue weighted by molar-refractivity contribution is 6.09. The van der Waals surface area contributed by atoms with Crippen LogP contribution in [0.2, 0.25) is 0 Å². The first-order valence-corrected chi connectivity index (χ1v) is 5.18. The summed E-state index contributed by atoms with van der Waals surface area (Å²) in [5.74, 6) is 0.724. The number of hydrogen-bond acceptors (Lipinski definition) is 4. The Kier molecular flexibility index (Phi) is 2.87. The van der Waals surface area contributed by atoms with E-state index >= 15 is 0 Å². The maximum Gasteiger partial charge on any atom is 0.108 e. The van der Waals surface area contributed by atoms with Gasteiger partial charge in [-0.3, -0.25) is 0 Å². The molecular formula is C11H16N4. The molecule has 0 saturated carbocycles. The maximum absolute atomic E-state index is 7.78. The number of allylic oxidation sites excluding steroid dienone is 5. The molecule has 1 saturated heterocycles. The average Bonchev–Trinajstić information content (AvgIpc) is 2.30. The van der Waals surface area contributed by atoms with Crippen molar-refractivity contribution < 1.29 is 0 Å². The first-order chi connectivity index (χ1) is 7.29. The fraction of sp³-hybridized carbons (Fsp3) is 0.364. The fourth-order valence-electron chi connectivity index (χ4n) is 1.78. The molecule has 0 atom stereocenters. The van der Waals surface area contributed by atoms with E-state index in [1.807, 2.05) is 18.2 Å². The molecule has 4 nitrogen and oxygen atoms in total. The Balaban J connectivity index is 2.19. The van der Waals surface area contributed by atoms with Gasteiger partial charge in [-0.15, -0.1) is 0 Å². The third kappa shape index (κ3) is 2.10. The second-order valence-electron chi connectivity index (χ2n) is 3.67. The van der Waals surface area contributed by atoms with Gasteiger partial charge < -0.3 is 21.4 Å². The second kappa shape index (κ2) is 4.31. The zero-order valence-electron chi connectivity index (χ0n) is 8.66. The number of nitrogens with zero attached hydrogens (tertiary/aromatic N) is 1. The molecule has 2 aliphatic rings. The molecular weight excluding hydrogens is 188 g/mol. The summed E-state index contributed by atoms with van der Waals surface area (Å²) in [4.78, 5) is 2.13. The fourth-order valence-corrected chi connectivity index (χ4v) is 1.78. The first kappa shape index (κ1) is 9.98. The SMILES string of the molecule is N=C1C=CC=C/C1=C(/N)N1CCNCC1. The molecule has 1 fully saturated rings. The number of piperazine rings is 1. The molecule has 4 heteroatoms. The minimum atomic E-state index is 0.494. The van der Waals surface area contributed by atoms with Crippen molar-refractivity contribution >= 4 is 5.71 Å². The third-order valence-electron chi connectivity index (χ3n) is 2.66. The van der Waals surface area contributed by atoms with Gasteiger partial charge >= 0.3 is 0 Å². The lowest BCUT2D eigenvalue weighted by molar-refractivity contribution is 0.295. The molecule has 0 aromatic rings. The number of hydrogen-bond donors (Lipinski definition) is 3. The van der Waals surface area contributed by atoms with Gasteiger partial charge in [-0.2, -0.15) is 0 Å². The van der Waals surface area contributed by atoms with Crippen molar-refractivity contribution in [2.75, 3.05) is 26.2 Å². The van der Waals surface area contributed by atoms with Crippen molar-refractivity contribution in [1.82, 2.24) is 10.2 Å². The molecule has 1 heterocycles. The van der Waals surface area contributed by atoms with E-state index in [2.05, 4.69) is 10.2 Å². The van der Waals surface area contributed by atoms with E-state index < -0.39 is 0 Å². The van der Waals surface area contributed by atoms with Crippen LogP contribution in [0.25, 0.3) is 0 Å². The lowest BCUT2D eigenvalue weighted by Crippen LogP contribution is -2.45. The van der Waals surface area contributed by atoms with Gasteiger partial charge in [0, 0.05) is 31.8 Å². The van der Waals surface area contributed by atoms with Crippen molar-refractivity contribution in [3.63, 3.8) is 0 Å². The summed E-state index contributed by atoms with van der Waals surface area (Å²) >= 11 is 0. The molecule has 0 aromatic carbocycles. The van der Waals surface area contributed by atoms with E-state index in [0.29, 0.717) is 5.71 Å². The van der Waals surface area contributed by atoms with Gasteiger partial charge in [-0.1, -0.05) is 12.2 Å². The Morgan fingerprint density at radius 1 is 1.27 bits per heavy atom. The van der Waals surface area contributed by atoms with E-state index in [1.165, 1.54) is 0 Å². The average molecular weight is 204 g/mol. The summed E-state index contributed by atoms with van der Waals surface area (Å²) in [7, 11) is 0. The Morgan fingerprint density at radius 3 is 2.60 bits per heavy atom. The minimum Gasteiger partial charge on any atom is -0.385 e. The third-order valence-corrected chi connectivity index (χ3v) is 2.66. The lowest BCUT2D eigenvalue weighted by Gasteiger charge is -2.30. The Labute approximate surface area is 89.6 Å². The van der Waals surface area contributed by atoms with E-state index in [1.54, 1.807) is 6.08 Å². The van der Waals surface area contributed by atoms with Gasteiger partial charge in [0.2, 0.25) is 0 Å². The lowest BCUT2D eigenvalue weighted by atomic mass is 10.1. The summed E-state index contributed by atoms with van der Waals surface area (Å²) in [5.41, 5.74) is 7.39. The van der Waals surface area contributed by atoms with Crippen LogP contribution in [-0.4, -0.2) is 36.8 Å².